The molecule has 0 aliphatic rings. The van der Waals surface area contributed by atoms with Crippen molar-refractivity contribution in [2.24, 2.45) is 0 Å². The van der Waals surface area contributed by atoms with Crippen LogP contribution in [0.15, 0.2) is 49.2 Å². The molecule has 6 nitrogen and oxygen atoms in total. The van der Waals surface area contributed by atoms with Crippen LogP contribution in [0.25, 0.3) is 0 Å². The van der Waals surface area contributed by atoms with E-state index in [2.05, 4.69) is 22.2 Å². The molecular formula is C18H21N3O3. The topological polar surface area (TPSA) is 72.5 Å². The summed E-state index contributed by atoms with van der Waals surface area (Å²) in [5.74, 6) is 1.81. The van der Waals surface area contributed by atoms with Gasteiger partial charge in [0.25, 0.3) is 5.91 Å². The van der Waals surface area contributed by atoms with Crippen LogP contribution in [0.5, 0.6) is 11.5 Å². The van der Waals surface area contributed by atoms with E-state index in [4.69, 9.17) is 9.47 Å². The highest BCUT2D eigenvalue weighted by Gasteiger charge is 2.07. The molecule has 0 saturated carbocycles. The summed E-state index contributed by atoms with van der Waals surface area (Å²) >= 11 is 0. The molecule has 1 aromatic heterocycles. The third-order valence-corrected chi connectivity index (χ3v) is 3.35. The second-order valence-electron chi connectivity index (χ2n) is 4.97. The van der Waals surface area contributed by atoms with Gasteiger partial charge in [-0.25, -0.2) is 4.98 Å². The number of hydrogen-bond donors (Lipinski definition) is 2. The Labute approximate surface area is 141 Å². The molecule has 24 heavy (non-hydrogen) atoms. The number of rotatable bonds is 8. The van der Waals surface area contributed by atoms with Crippen LogP contribution in [0.2, 0.25) is 0 Å². The van der Waals surface area contributed by atoms with Crippen LogP contribution in [0.3, 0.4) is 0 Å². The minimum atomic E-state index is -0.161. The maximum absolute atomic E-state index is 11.9. The Morgan fingerprint density at radius 2 is 2.00 bits per heavy atom. The molecule has 1 amide bonds. The number of methoxy groups -OCH3 is 2. The molecule has 6 heteroatoms. The summed E-state index contributed by atoms with van der Waals surface area (Å²) in [7, 11) is 3.20. The molecule has 0 unspecified atom stereocenters. The van der Waals surface area contributed by atoms with E-state index in [1.807, 2.05) is 18.2 Å². The van der Waals surface area contributed by atoms with Gasteiger partial charge in [-0.1, -0.05) is 12.1 Å². The number of nitrogens with zero attached hydrogens (tertiary/aromatic N) is 1. The Kier molecular flexibility index (Phi) is 6.19. The first-order valence-corrected chi connectivity index (χ1v) is 7.48. The van der Waals surface area contributed by atoms with E-state index in [0.717, 1.165) is 5.56 Å². The number of benzene rings is 1. The monoisotopic (exact) mass is 327 g/mol. The van der Waals surface area contributed by atoms with Gasteiger partial charge in [0, 0.05) is 24.8 Å². The number of carbonyl (C=O) groups is 1. The van der Waals surface area contributed by atoms with Crippen molar-refractivity contribution in [3.63, 3.8) is 0 Å². The molecule has 0 fully saturated rings. The van der Waals surface area contributed by atoms with E-state index < -0.39 is 0 Å². The molecule has 126 valence electrons. The van der Waals surface area contributed by atoms with Crippen molar-refractivity contribution in [2.45, 2.75) is 6.54 Å². The van der Waals surface area contributed by atoms with Gasteiger partial charge in [0.2, 0.25) is 0 Å². The van der Waals surface area contributed by atoms with Crippen molar-refractivity contribution >= 4 is 11.7 Å². The number of pyridine rings is 1. The number of hydrogen-bond acceptors (Lipinski definition) is 5. The predicted octanol–water partition coefficient (Wildman–Crippen LogP) is 2.63. The molecule has 2 rings (SSSR count). The Morgan fingerprint density at radius 1 is 1.21 bits per heavy atom. The maximum atomic E-state index is 11.9. The maximum Gasteiger partial charge on any atom is 0.251 e. The van der Waals surface area contributed by atoms with Crippen LogP contribution < -0.4 is 20.1 Å². The van der Waals surface area contributed by atoms with Crippen molar-refractivity contribution < 1.29 is 14.3 Å². The first kappa shape index (κ1) is 17.3. The zero-order valence-electron chi connectivity index (χ0n) is 13.8. The number of amides is 1. The lowest BCUT2D eigenvalue weighted by Crippen LogP contribution is -2.23. The molecule has 2 N–H and O–H groups in total. The van der Waals surface area contributed by atoms with E-state index in [-0.39, 0.29) is 5.91 Å². The third-order valence-electron chi connectivity index (χ3n) is 3.35. The molecule has 0 bridgehead atoms. The highest BCUT2D eigenvalue weighted by molar-refractivity contribution is 5.94. The fourth-order valence-electron chi connectivity index (χ4n) is 2.12. The molecule has 0 aliphatic carbocycles. The first-order chi connectivity index (χ1) is 11.7. The molecular weight excluding hydrogens is 306 g/mol. The summed E-state index contributed by atoms with van der Waals surface area (Å²) in [4.78, 5) is 16.2. The Balaban J connectivity index is 2.04. The van der Waals surface area contributed by atoms with E-state index in [1.54, 1.807) is 38.6 Å². The molecule has 0 saturated heterocycles. The molecule has 0 radical (unpaired) electrons. The number of nitrogens with one attached hydrogen (secondary N) is 2. The first-order valence-electron chi connectivity index (χ1n) is 7.48. The number of carbonyl (C=O) groups excluding carboxylic acids is 1. The van der Waals surface area contributed by atoms with Crippen LogP contribution in [-0.4, -0.2) is 31.7 Å². The van der Waals surface area contributed by atoms with Crippen molar-refractivity contribution in [2.75, 3.05) is 26.1 Å². The van der Waals surface area contributed by atoms with Crippen LogP contribution in [-0.2, 0) is 6.54 Å². The van der Waals surface area contributed by atoms with Crippen molar-refractivity contribution in [1.29, 1.82) is 0 Å². The summed E-state index contributed by atoms with van der Waals surface area (Å²) in [5, 5.41) is 5.93. The minimum absolute atomic E-state index is 0.161. The SMILES string of the molecule is C=CCNC(=O)c1ccnc(NCc2ccc(OC)c(OC)c2)c1. The average Bonchev–Trinajstić information content (AvgIpc) is 2.64. The summed E-state index contributed by atoms with van der Waals surface area (Å²) < 4.78 is 10.5. The number of aromatic nitrogens is 1. The average molecular weight is 327 g/mol. The van der Waals surface area contributed by atoms with Crippen LogP contribution >= 0.6 is 0 Å². The van der Waals surface area contributed by atoms with Gasteiger partial charge in [0.15, 0.2) is 11.5 Å². The fourth-order valence-corrected chi connectivity index (χ4v) is 2.12. The van der Waals surface area contributed by atoms with E-state index in [9.17, 15) is 4.79 Å². The largest absolute Gasteiger partial charge is 0.493 e. The van der Waals surface area contributed by atoms with Gasteiger partial charge in [0.05, 0.1) is 14.2 Å². The second-order valence-corrected chi connectivity index (χ2v) is 4.97. The zero-order chi connectivity index (χ0) is 17.4. The van der Waals surface area contributed by atoms with Crippen LogP contribution in [0, 0.1) is 0 Å². The summed E-state index contributed by atoms with van der Waals surface area (Å²) in [6, 6.07) is 9.06. The van der Waals surface area contributed by atoms with Gasteiger partial charge in [-0.2, -0.15) is 0 Å². The zero-order valence-corrected chi connectivity index (χ0v) is 13.8. The molecule has 0 aliphatic heterocycles. The van der Waals surface area contributed by atoms with Crippen molar-refractivity contribution in [1.82, 2.24) is 10.3 Å². The standard InChI is InChI=1S/C18H21N3O3/c1-4-8-20-18(22)14-7-9-19-17(11-14)21-12-13-5-6-15(23-2)16(10-13)24-3/h4-7,9-11H,1,8,12H2,2-3H3,(H,19,21)(H,20,22). The number of ether oxygens (including phenoxy) is 2. The molecule has 0 spiro atoms. The van der Waals surface area contributed by atoms with E-state index in [0.29, 0.717) is 36.0 Å². The Morgan fingerprint density at radius 3 is 2.71 bits per heavy atom. The smallest absolute Gasteiger partial charge is 0.251 e. The minimum Gasteiger partial charge on any atom is -0.493 e. The normalized spacial score (nSPS) is 9.92. The van der Waals surface area contributed by atoms with Crippen molar-refractivity contribution in [3.8, 4) is 11.5 Å². The lowest BCUT2D eigenvalue weighted by atomic mass is 10.2. The molecule has 2 aromatic rings. The Hall–Kier alpha value is -3.02. The molecule has 1 heterocycles. The van der Waals surface area contributed by atoms with Gasteiger partial charge in [-0.05, 0) is 29.8 Å². The lowest BCUT2D eigenvalue weighted by Gasteiger charge is -2.11. The fraction of sp³-hybridized carbons (Fsp3) is 0.222. The predicted molar refractivity (Wildman–Crippen MR) is 93.6 cm³/mol. The summed E-state index contributed by atoms with van der Waals surface area (Å²) in [5.41, 5.74) is 1.55. The van der Waals surface area contributed by atoms with Gasteiger partial charge in [0.1, 0.15) is 5.82 Å². The van der Waals surface area contributed by atoms with Crippen molar-refractivity contribution in [3.05, 3.63) is 60.3 Å². The quantitative estimate of drug-likeness (QED) is 0.729. The Bertz CT molecular complexity index is 716. The molecule has 0 atom stereocenters. The summed E-state index contributed by atoms with van der Waals surface area (Å²) in [6.07, 6.45) is 3.23. The highest BCUT2D eigenvalue weighted by Crippen LogP contribution is 2.27. The molecule has 1 aromatic carbocycles. The highest BCUT2D eigenvalue weighted by atomic mass is 16.5. The van der Waals surface area contributed by atoms with Crippen LogP contribution in [0.1, 0.15) is 15.9 Å². The second kappa shape index (κ2) is 8.57. The van der Waals surface area contributed by atoms with Gasteiger partial charge >= 0.3 is 0 Å². The number of anilines is 1. The van der Waals surface area contributed by atoms with Crippen LogP contribution in [0.4, 0.5) is 5.82 Å². The lowest BCUT2D eigenvalue weighted by molar-refractivity contribution is 0.0958. The third kappa shape index (κ3) is 4.49. The van der Waals surface area contributed by atoms with Gasteiger partial charge in [-0.15, -0.1) is 6.58 Å². The van der Waals surface area contributed by atoms with E-state index in [1.165, 1.54) is 0 Å². The van der Waals surface area contributed by atoms with Gasteiger partial charge in [-0.3, -0.25) is 4.79 Å². The summed E-state index contributed by atoms with van der Waals surface area (Å²) in [6.45, 7) is 4.55. The van der Waals surface area contributed by atoms with Gasteiger partial charge < -0.3 is 20.1 Å². The van der Waals surface area contributed by atoms with E-state index >= 15 is 0 Å².